The summed E-state index contributed by atoms with van der Waals surface area (Å²) >= 11 is 6.06. The number of benzene rings is 3. The van der Waals surface area contributed by atoms with Crippen LogP contribution in [0.3, 0.4) is 0 Å². The molecule has 4 aromatic rings. The maximum absolute atomic E-state index is 13.6. The van der Waals surface area contributed by atoms with Crippen molar-refractivity contribution in [1.82, 2.24) is 14.1 Å². The molecule has 190 valence electrons. The van der Waals surface area contributed by atoms with Crippen molar-refractivity contribution in [2.24, 2.45) is 0 Å². The predicted molar refractivity (Wildman–Crippen MR) is 143 cm³/mol. The van der Waals surface area contributed by atoms with E-state index in [9.17, 15) is 23.3 Å². The monoisotopic (exact) mass is 539 g/mol. The number of anilines is 1. The van der Waals surface area contributed by atoms with Crippen molar-refractivity contribution >= 4 is 43.8 Å². The first kappa shape index (κ1) is 24.9. The van der Waals surface area contributed by atoms with E-state index >= 15 is 0 Å². The van der Waals surface area contributed by atoms with Crippen molar-refractivity contribution < 1.29 is 13.3 Å². The molecule has 10 nitrogen and oxygen atoms in total. The zero-order chi connectivity index (χ0) is 26.3. The highest BCUT2D eigenvalue weighted by Crippen LogP contribution is 2.31. The predicted octanol–water partition coefficient (Wildman–Crippen LogP) is 3.70. The molecule has 1 aromatic heterocycles. The minimum Gasteiger partial charge on any atom is -0.369 e. The Bertz CT molecular complexity index is 1680. The maximum atomic E-state index is 13.6. The van der Waals surface area contributed by atoms with Crippen molar-refractivity contribution in [3.63, 3.8) is 0 Å². The van der Waals surface area contributed by atoms with E-state index < -0.39 is 20.5 Å². The number of nitro benzene ring substituents is 1. The molecule has 5 rings (SSSR count). The molecule has 0 radical (unpaired) electrons. The van der Waals surface area contributed by atoms with Gasteiger partial charge in [0.15, 0.2) is 0 Å². The summed E-state index contributed by atoms with van der Waals surface area (Å²) in [4.78, 5) is 26.9. The second kappa shape index (κ2) is 9.58. The van der Waals surface area contributed by atoms with Crippen LogP contribution in [0, 0.1) is 10.1 Å². The molecule has 0 aliphatic carbocycles. The van der Waals surface area contributed by atoms with Gasteiger partial charge in [0.1, 0.15) is 5.69 Å². The van der Waals surface area contributed by atoms with Crippen LogP contribution >= 0.6 is 11.6 Å². The first-order valence-corrected chi connectivity index (χ1v) is 13.6. The Morgan fingerprint density at radius 3 is 2.22 bits per heavy atom. The van der Waals surface area contributed by atoms with Gasteiger partial charge in [-0.2, -0.15) is 14.1 Å². The number of rotatable bonds is 5. The van der Waals surface area contributed by atoms with E-state index in [2.05, 4.69) is 5.10 Å². The van der Waals surface area contributed by atoms with Crippen LogP contribution in [0.15, 0.2) is 71.5 Å². The minimum absolute atomic E-state index is 0.0269. The molecule has 0 amide bonds. The van der Waals surface area contributed by atoms with E-state index in [-0.39, 0.29) is 11.4 Å². The number of halogens is 1. The normalized spacial score (nSPS) is 14.7. The Labute approximate surface area is 217 Å². The third-order valence-corrected chi connectivity index (χ3v) is 7.93. The molecule has 0 unspecified atom stereocenters. The van der Waals surface area contributed by atoms with Gasteiger partial charge in [-0.3, -0.25) is 14.9 Å². The molecule has 2 heterocycles. The summed E-state index contributed by atoms with van der Waals surface area (Å²) in [5, 5.41) is 18.1. The van der Waals surface area contributed by atoms with E-state index in [4.69, 9.17) is 11.6 Å². The highest BCUT2D eigenvalue weighted by Gasteiger charge is 2.26. The third-order valence-electron chi connectivity index (χ3n) is 6.38. The molecule has 0 spiro atoms. The number of sulfonamides is 1. The molecule has 12 heteroatoms. The summed E-state index contributed by atoms with van der Waals surface area (Å²) in [7, 11) is -3.31. The molecule has 37 heavy (non-hydrogen) atoms. The SMILES string of the molecule is CS(=O)(=O)N1CCN(c2ccc([N+](=O)[O-])c(-n3nc(-c4ccc(Cl)cc4)c4ccccc4c3=O)c2)CC1. The van der Waals surface area contributed by atoms with Crippen LogP contribution < -0.4 is 10.5 Å². The fourth-order valence-electron chi connectivity index (χ4n) is 4.48. The van der Waals surface area contributed by atoms with Gasteiger partial charge in [0.25, 0.3) is 11.2 Å². The van der Waals surface area contributed by atoms with Crippen molar-refractivity contribution in [1.29, 1.82) is 0 Å². The number of nitrogens with zero attached hydrogens (tertiary/aromatic N) is 5. The topological polar surface area (TPSA) is 119 Å². The lowest BCUT2D eigenvalue weighted by atomic mass is 10.0. The van der Waals surface area contributed by atoms with Gasteiger partial charge >= 0.3 is 0 Å². The number of nitro groups is 1. The van der Waals surface area contributed by atoms with Crippen LogP contribution in [0.5, 0.6) is 0 Å². The van der Waals surface area contributed by atoms with Crippen LogP contribution in [0.25, 0.3) is 27.7 Å². The molecule has 1 aliphatic rings. The van der Waals surface area contributed by atoms with Gasteiger partial charge in [-0.15, -0.1) is 0 Å². The largest absolute Gasteiger partial charge is 0.369 e. The van der Waals surface area contributed by atoms with Crippen molar-refractivity contribution in [2.45, 2.75) is 0 Å². The molecule has 1 saturated heterocycles. The zero-order valence-electron chi connectivity index (χ0n) is 19.7. The van der Waals surface area contributed by atoms with Gasteiger partial charge in [0, 0.05) is 53.9 Å². The molecule has 0 N–H and O–H groups in total. The number of hydrogen-bond acceptors (Lipinski definition) is 7. The Balaban J connectivity index is 1.67. The number of aromatic nitrogens is 2. The minimum atomic E-state index is -3.31. The Kier molecular flexibility index (Phi) is 6.44. The third kappa shape index (κ3) is 4.80. The smallest absolute Gasteiger partial charge is 0.295 e. The number of fused-ring (bicyclic) bond motifs is 1. The fraction of sp³-hybridized carbons (Fsp3) is 0.200. The van der Waals surface area contributed by atoms with Gasteiger partial charge in [0.05, 0.1) is 22.3 Å². The van der Waals surface area contributed by atoms with Gasteiger partial charge in [-0.1, -0.05) is 41.9 Å². The highest BCUT2D eigenvalue weighted by atomic mass is 35.5. The van der Waals surface area contributed by atoms with Gasteiger partial charge < -0.3 is 4.90 Å². The number of hydrogen-bond donors (Lipinski definition) is 0. The van der Waals surface area contributed by atoms with Crippen LogP contribution in [0.4, 0.5) is 11.4 Å². The Hall–Kier alpha value is -3.80. The summed E-state index contributed by atoms with van der Waals surface area (Å²) < 4.78 is 26.2. The highest BCUT2D eigenvalue weighted by molar-refractivity contribution is 7.88. The molecule has 3 aromatic carbocycles. The molecule has 1 aliphatic heterocycles. The van der Waals surface area contributed by atoms with E-state index in [1.165, 1.54) is 16.6 Å². The van der Waals surface area contributed by atoms with Gasteiger partial charge in [-0.25, -0.2) is 8.42 Å². The lowest BCUT2D eigenvalue weighted by Gasteiger charge is -2.34. The zero-order valence-corrected chi connectivity index (χ0v) is 21.3. The lowest BCUT2D eigenvalue weighted by Crippen LogP contribution is -2.48. The molecule has 0 atom stereocenters. The summed E-state index contributed by atoms with van der Waals surface area (Å²) in [6.07, 6.45) is 1.17. The van der Waals surface area contributed by atoms with E-state index in [0.29, 0.717) is 58.9 Å². The van der Waals surface area contributed by atoms with Crippen LogP contribution in [0.2, 0.25) is 5.02 Å². The molecule has 0 saturated carbocycles. The van der Waals surface area contributed by atoms with Crippen molar-refractivity contribution in [3.05, 3.63) is 92.2 Å². The molecule has 1 fully saturated rings. The summed E-state index contributed by atoms with van der Waals surface area (Å²) in [5.41, 5.74) is 1.07. The summed E-state index contributed by atoms with van der Waals surface area (Å²) in [5.74, 6) is 0. The second-order valence-electron chi connectivity index (χ2n) is 8.70. The molecule has 0 bridgehead atoms. The Morgan fingerprint density at radius 1 is 0.946 bits per heavy atom. The summed E-state index contributed by atoms with van der Waals surface area (Å²) in [6, 6.07) is 18.4. The average Bonchev–Trinajstić information content (AvgIpc) is 2.89. The average molecular weight is 540 g/mol. The molecular weight excluding hydrogens is 518 g/mol. The van der Waals surface area contributed by atoms with E-state index in [1.54, 1.807) is 60.7 Å². The van der Waals surface area contributed by atoms with Crippen LogP contribution in [0.1, 0.15) is 0 Å². The maximum Gasteiger partial charge on any atom is 0.295 e. The van der Waals surface area contributed by atoms with Gasteiger partial charge in [-0.05, 0) is 30.3 Å². The molecular formula is C25H22ClN5O5S. The first-order valence-electron chi connectivity index (χ1n) is 11.4. The van der Waals surface area contributed by atoms with Crippen LogP contribution in [-0.2, 0) is 10.0 Å². The second-order valence-corrected chi connectivity index (χ2v) is 11.1. The summed E-state index contributed by atoms with van der Waals surface area (Å²) in [6.45, 7) is 1.39. The van der Waals surface area contributed by atoms with E-state index in [1.807, 2.05) is 4.90 Å². The van der Waals surface area contributed by atoms with Crippen molar-refractivity contribution in [3.8, 4) is 16.9 Å². The lowest BCUT2D eigenvalue weighted by molar-refractivity contribution is -0.384. The quantitative estimate of drug-likeness (QED) is 0.280. The van der Waals surface area contributed by atoms with Crippen molar-refractivity contribution in [2.75, 3.05) is 37.3 Å². The standard InChI is InChI=1S/C25H22ClN5O5S/c1-37(35,36)29-14-12-28(13-15-29)19-10-11-22(31(33)34)23(16-19)30-25(32)21-5-3-2-4-20(21)24(27-30)17-6-8-18(26)9-7-17/h2-11,16H,12-15H2,1H3. The fourth-order valence-corrected chi connectivity index (χ4v) is 5.44. The van der Waals surface area contributed by atoms with E-state index in [0.717, 1.165) is 4.68 Å². The van der Waals surface area contributed by atoms with Crippen LogP contribution in [-0.4, -0.2) is 59.9 Å². The Morgan fingerprint density at radius 2 is 1.59 bits per heavy atom. The first-order chi connectivity index (χ1) is 17.6. The van der Waals surface area contributed by atoms with Gasteiger partial charge in [0.2, 0.25) is 10.0 Å². The number of piperazine rings is 1.